The molecule has 1 atom stereocenters. The van der Waals surface area contributed by atoms with E-state index < -0.39 is 0 Å². The van der Waals surface area contributed by atoms with Crippen molar-refractivity contribution < 1.29 is 4.39 Å². The van der Waals surface area contributed by atoms with Crippen LogP contribution in [0.4, 0.5) is 15.8 Å². The molecule has 0 heterocycles. The fourth-order valence-electron chi connectivity index (χ4n) is 2.01. The molecule has 2 aromatic carbocycles. The maximum absolute atomic E-state index is 13.1. The van der Waals surface area contributed by atoms with Crippen LogP contribution in [0, 0.1) is 12.7 Å². The number of nitrogen functional groups attached to an aromatic ring is 1. The van der Waals surface area contributed by atoms with Gasteiger partial charge in [0.05, 0.1) is 0 Å². The molecule has 0 saturated heterocycles. The van der Waals surface area contributed by atoms with E-state index in [9.17, 15) is 4.39 Å². The number of nitrogens with two attached hydrogens (primary N) is 1. The average Bonchev–Trinajstić information content (AvgIpc) is 2.27. The predicted octanol–water partition coefficient (Wildman–Crippen LogP) is 3.89. The van der Waals surface area contributed by atoms with Crippen LogP contribution in [-0.2, 0) is 0 Å². The number of aryl methyl sites for hydroxylation is 1. The van der Waals surface area contributed by atoms with Crippen molar-refractivity contribution in [3.8, 4) is 0 Å². The highest BCUT2D eigenvalue weighted by molar-refractivity contribution is 5.57. The van der Waals surface area contributed by atoms with Gasteiger partial charge in [-0.15, -0.1) is 0 Å². The molecule has 0 spiro atoms. The van der Waals surface area contributed by atoms with Crippen molar-refractivity contribution in [1.82, 2.24) is 0 Å². The van der Waals surface area contributed by atoms with Crippen LogP contribution in [0.15, 0.2) is 42.5 Å². The summed E-state index contributed by atoms with van der Waals surface area (Å²) in [4.78, 5) is 0. The number of benzene rings is 2. The number of hydrogen-bond acceptors (Lipinski definition) is 2. The van der Waals surface area contributed by atoms with Crippen molar-refractivity contribution in [3.63, 3.8) is 0 Å². The second kappa shape index (κ2) is 5.08. The van der Waals surface area contributed by atoms with Gasteiger partial charge in [0.25, 0.3) is 0 Å². The standard InChI is InChI=1S/C15H17FN2/c1-10-6-14(17)9-15(7-10)18-11(2)12-4-3-5-13(16)8-12/h3-9,11,18H,17H2,1-2H3. The number of anilines is 2. The SMILES string of the molecule is Cc1cc(N)cc(NC(C)c2cccc(F)c2)c1. The topological polar surface area (TPSA) is 38.0 Å². The molecule has 2 aromatic rings. The Morgan fingerprint density at radius 1 is 1.17 bits per heavy atom. The first kappa shape index (κ1) is 12.4. The number of halogens is 1. The molecule has 2 rings (SSSR count). The van der Waals surface area contributed by atoms with Gasteiger partial charge in [-0.25, -0.2) is 4.39 Å². The third-order valence-corrected chi connectivity index (χ3v) is 2.83. The molecule has 3 heteroatoms. The molecule has 0 aliphatic heterocycles. The van der Waals surface area contributed by atoms with Crippen LogP contribution in [-0.4, -0.2) is 0 Å². The van der Waals surface area contributed by atoms with Gasteiger partial charge in [-0.1, -0.05) is 12.1 Å². The summed E-state index contributed by atoms with van der Waals surface area (Å²) in [5.74, 6) is -0.218. The van der Waals surface area contributed by atoms with E-state index in [2.05, 4.69) is 5.32 Å². The van der Waals surface area contributed by atoms with Crippen LogP contribution in [0.25, 0.3) is 0 Å². The van der Waals surface area contributed by atoms with E-state index in [0.29, 0.717) is 0 Å². The zero-order valence-corrected chi connectivity index (χ0v) is 10.6. The van der Waals surface area contributed by atoms with Crippen LogP contribution >= 0.6 is 0 Å². The maximum atomic E-state index is 13.1. The van der Waals surface area contributed by atoms with Crippen LogP contribution in [0.3, 0.4) is 0 Å². The Morgan fingerprint density at radius 2 is 1.94 bits per heavy atom. The quantitative estimate of drug-likeness (QED) is 0.804. The Labute approximate surface area is 107 Å². The van der Waals surface area contributed by atoms with E-state index >= 15 is 0 Å². The fourth-order valence-corrected chi connectivity index (χ4v) is 2.01. The van der Waals surface area contributed by atoms with Gasteiger partial charge in [-0.3, -0.25) is 0 Å². The first-order valence-corrected chi connectivity index (χ1v) is 5.94. The summed E-state index contributed by atoms with van der Waals surface area (Å²) in [6.07, 6.45) is 0. The zero-order valence-electron chi connectivity index (χ0n) is 10.6. The monoisotopic (exact) mass is 244 g/mol. The smallest absolute Gasteiger partial charge is 0.123 e. The second-order valence-corrected chi connectivity index (χ2v) is 4.55. The van der Waals surface area contributed by atoms with Crippen molar-refractivity contribution in [2.75, 3.05) is 11.1 Å². The summed E-state index contributed by atoms with van der Waals surface area (Å²) < 4.78 is 13.1. The number of nitrogens with one attached hydrogen (secondary N) is 1. The van der Waals surface area contributed by atoms with Crippen molar-refractivity contribution >= 4 is 11.4 Å². The van der Waals surface area contributed by atoms with Gasteiger partial charge in [0.1, 0.15) is 5.82 Å². The normalized spacial score (nSPS) is 12.2. The summed E-state index contributed by atoms with van der Waals surface area (Å²) in [5.41, 5.74) is 9.49. The molecular weight excluding hydrogens is 227 g/mol. The van der Waals surface area contributed by atoms with Gasteiger partial charge < -0.3 is 11.1 Å². The van der Waals surface area contributed by atoms with Crippen molar-refractivity contribution in [3.05, 3.63) is 59.4 Å². The molecule has 0 aliphatic rings. The molecule has 0 bridgehead atoms. The Hall–Kier alpha value is -2.03. The molecule has 0 amide bonds. The second-order valence-electron chi connectivity index (χ2n) is 4.55. The molecule has 0 saturated carbocycles. The van der Waals surface area contributed by atoms with Gasteiger partial charge in [-0.2, -0.15) is 0 Å². The van der Waals surface area contributed by atoms with E-state index in [0.717, 1.165) is 22.5 Å². The zero-order chi connectivity index (χ0) is 13.1. The van der Waals surface area contributed by atoms with Gasteiger partial charge in [0.15, 0.2) is 0 Å². The van der Waals surface area contributed by atoms with Gasteiger partial charge in [0, 0.05) is 17.4 Å². The molecular formula is C15H17FN2. The van der Waals surface area contributed by atoms with Gasteiger partial charge >= 0.3 is 0 Å². The number of rotatable bonds is 3. The lowest BCUT2D eigenvalue weighted by atomic mass is 10.1. The molecule has 0 fully saturated rings. The lowest BCUT2D eigenvalue weighted by Crippen LogP contribution is -2.07. The van der Waals surface area contributed by atoms with E-state index in [1.807, 2.05) is 38.1 Å². The van der Waals surface area contributed by atoms with Gasteiger partial charge in [0.2, 0.25) is 0 Å². The molecule has 18 heavy (non-hydrogen) atoms. The van der Waals surface area contributed by atoms with Crippen molar-refractivity contribution in [2.45, 2.75) is 19.9 Å². The molecule has 0 radical (unpaired) electrons. The summed E-state index contributed by atoms with van der Waals surface area (Å²) >= 11 is 0. The van der Waals surface area contributed by atoms with Crippen LogP contribution in [0.5, 0.6) is 0 Å². The number of hydrogen-bond donors (Lipinski definition) is 2. The molecule has 94 valence electrons. The van der Waals surface area contributed by atoms with E-state index in [4.69, 9.17) is 5.73 Å². The molecule has 0 aromatic heterocycles. The van der Waals surface area contributed by atoms with Gasteiger partial charge in [-0.05, 0) is 55.3 Å². The minimum Gasteiger partial charge on any atom is -0.399 e. The third kappa shape index (κ3) is 3.00. The highest BCUT2D eigenvalue weighted by Gasteiger charge is 2.06. The summed E-state index contributed by atoms with van der Waals surface area (Å²) in [6, 6.07) is 12.4. The van der Waals surface area contributed by atoms with Crippen molar-refractivity contribution in [1.29, 1.82) is 0 Å². The molecule has 3 N–H and O–H groups in total. The third-order valence-electron chi connectivity index (χ3n) is 2.83. The van der Waals surface area contributed by atoms with E-state index in [1.54, 1.807) is 6.07 Å². The lowest BCUT2D eigenvalue weighted by Gasteiger charge is -2.16. The Bertz CT molecular complexity index is 532. The summed E-state index contributed by atoms with van der Waals surface area (Å²) in [6.45, 7) is 3.99. The minimum absolute atomic E-state index is 0.0295. The van der Waals surface area contributed by atoms with Crippen molar-refractivity contribution in [2.24, 2.45) is 0 Å². The highest BCUT2D eigenvalue weighted by atomic mass is 19.1. The Morgan fingerprint density at radius 3 is 2.61 bits per heavy atom. The van der Waals surface area contributed by atoms with Crippen LogP contribution in [0.1, 0.15) is 24.1 Å². The predicted molar refractivity (Wildman–Crippen MR) is 74.0 cm³/mol. The summed E-state index contributed by atoms with van der Waals surface area (Å²) in [7, 11) is 0. The lowest BCUT2D eigenvalue weighted by molar-refractivity contribution is 0.623. The first-order chi connectivity index (χ1) is 8.54. The molecule has 2 nitrogen and oxygen atoms in total. The average molecular weight is 244 g/mol. The fraction of sp³-hybridized carbons (Fsp3) is 0.200. The first-order valence-electron chi connectivity index (χ1n) is 5.94. The van der Waals surface area contributed by atoms with E-state index in [1.165, 1.54) is 12.1 Å². The van der Waals surface area contributed by atoms with Crippen LogP contribution in [0.2, 0.25) is 0 Å². The Balaban J connectivity index is 2.18. The van der Waals surface area contributed by atoms with E-state index in [-0.39, 0.29) is 11.9 Å². The molecule has 0 aliphatic carbocycles. The molecule has 1 unspecified atom stereocenters. The van der Waals surface area contributed by atoms with Crippen LogP contribution < -0.4 is 11.1 Å². The largest absolute Gasteiger partial charge is 0.399 e. The Kier molecular flexibility index (Phi) is 3.51. The summed E-state index contributed by atoms with van der Waals surface area (Å²) in [5, 5.41) is 3.32. The minimum atomic E-state index is -0.218. The highest BCUT2D eigenvalue weighted by Crippen LogP contribution is 2.22. The maximum Gasteiger partial charge on any atom is 0.123 e.